The predicted molar refractivity (Wildman–Crippen MR) is 173 cm³/mol. The van der Waals surface area contributed by atoms with Crippen LogP contribution in [0.25, 0.3) is 10.4 Å². The van der Waals surface area contributed by atoms with E-state index in [1.165, 1.54) is 4.90 Å². The number of carbonyl (C=O) groups excluding carboxylic acids is 3. The standard InChI is InChI=1S/C35H44N4O4S/c1-20(2)30(39-17-24-10-8-9-11-28(24)33(39)42)34(43)38-18-26(40)15-29(38)32(41)37-21(3)27-13-12-23(31-22(4)36-19-44-31)14-25(27)16-35(5,6)7/h8-14,19-21,26,29-30,40H,15-18H2,1-7H3,(H,37,41)/t21-,26+,29-,30-/m0/s1. The molecule has 9 heteroatoms. The van der Waals surface area contributed by atoms with E-state index in [-0.39, 0.29) is 48.1 Å². The second-order valence-corrected chi connectivity index (χ2v) is 14.7. The van der Waals surface area contributed by atoms with Gasteiger partial charge in [-0.05, 0) is 66.0 Å². The maximum absolute atomic E-state index is 14.1. The van der Waals surface area contributed by atoms with Crippen molar-refractivity contribution in [1.29, 1.82) is 0 Å². The van der Waals surface area contributed by atoms with Gasteiger partial charge in [-0.25, -0.2) is 4.98 Å². The van der Waals surface area contributed by atoms with E-state index >= 15 is 0 Å². The van der Waals surface area contributed by atoms with E-state index in [1.54, 1.807) is 22.3 Å². The fraction of sp³-hybridized carbons (Fsp3) is 0.486. The van der Waals surface area contributed by atoms with Gasteiger partial charge in [0.15, 0.2) is 0 Å². The fourth-order valence-corrected chi connectivity index (χ4v) is 7.42. The molecular weight excluding hydrogens is 572 g/mol. The summed E-state index contributed by atoms with van der Waals surface area (Å²) in [4.78, 5) is 49.9. The topological polar surface area (TPSA) is 103 Å². The third kappa shape index (κ3) is 6.44. The molecule has 2 aliphatic heterocycles. The highest BCUT2D eigenvalue weighted by Crippen LogP contribution is 2.34. The molecule has 234 valence electrons. The van der Waals surface area contributed by atoms with Crippen molar-refractivity contribution in [3.63, 3.8) is 0 Å². The Morgan fingerprint density at radius 3 is 2.50 bits per heavy atom. The number of hydrogen-bond donors (Lipinski definition) is 2. The van der Waals surface area contributed by atoms with Crippen molar-refractivity contribution < 1.29 is 19.5 Å². The molecule has 0 bridgehead atoms. The fourth-order valence-electron chi connectivity index (χ4n) is 6.62. The van der Waals surface area contributed by atoms with E-state index in [1.807, 2.05) is 51.4 Å². The van der Waals surface area contributed by atoms with Crippen LogP contribution >= 0.6 is 11.3 Å². The van der Waals surface area contributed by atoms with Gasteiger partial charge in [-0.1, -0.05) is 65.0 Å². The molecule has 5 rings (SSSR count). The Balaban J connectivity index is 1.37. The third-order valence-corrected chi connectivity index (χ3v) is 9.61. The van der Waals surface area contributed by atoms with Crippen LogP contribution in [0.2, 0.25) is 0 Å². The van der Waals surface area contributed by atoms with E-state index < -0.39 is 18.2 Å². The molecule has 0 radical (unpaired) electrons. The maximum atomic E-state index is 14.1. The number of fused-ring (bicyclic) bond motifs is 1. The number of likely N-dealkylation sites (tertiary alicyclic amines) is 1. The summed E-state index contributed by atoms with van der Waals surface area (Å²) < 4.78 is 0. The lowest BCUT2D eigenvalue weighted by Crippen LogP contribution is -2.55. The summed E-state index contributed by atoms with van der Waals surface area (Å²) in [5.41, 5.74) is 7.67. The van der Waals surface area contributed by atoms with Crippen LogP contribution in [0.15, 0.2) is 48.0 Å². The Morgan fingerprint density at radius 2 is 1.86 bits per heavy atom. The average molecular weight is 617 g/mol. The first-order valence-electron chi connectivity index (χ1n) is 15.5. The molecule has 2 aliphatic rings. The van der Waals surface area contributed by atoms with E-state index in [2.05, 4.69) is 49.3 Å². The molecule has 2 aromatic carbocycles. The summed E-state index contributed by atoms with van der Waals surface area (Å²) in [6.07, 6.45) is 0.160. The molecule has 1 saturated heterocycles. The van der Waals surface area contributed by atoms with Gasteiger partial charge in [-0.3, -0.25) is 14.4 Å². The number of aryl methyl sites for hydroxylation is 1. The average Bonchev–Trinajstić information content (AvgIpc) is 3.64. The lowest BCUT2D eigenvalue weighted by Gasteiger charge is -2.35. The highest BCUT2D eigenvalue weighted by atomic mass is 32.1. The van der Waals surface area contributed by atoms with Crippen molar-refractivity contribution in [2.45, 2.75) is 92.1 Å². The van der Waals surface area contributed by atoms with Crippen LogP contribution in [0.1, 0.15) is 86.7 Å². The number of aliphatic hydroxyl groups is 1. The van der Waals surface area contributed by atoms with Gasteiger partial charge in [0.1, 0.15) is 12.1 Å². The molecule has 3 aromatic rings. The van der Waals surface area contributed by atoms with Crippen molar-refractivity contribution in [3.8, 4) is 10.4 Å². The molecule has 0 spiro atoms. The highest BCUT2D eigenvalue weighted by molar-refractivity contribution is 7.13. The Kier molecular flexibility index (Phi) is 9.01. The van der Waals surface area contributed by atoms with Crippen molar-refractivity contribution in [2.75, 3.05) is 6.54 Å². The Morgan fingerprint density at radius 1 is 1.14 bits per heavy atom. The Hall–Kier alpha value is -3.56. The van der Waals surface area contributed by atoms with E-state index in [0.29, 0.717) is 12.1 Å². The number of nitrogens with zero attached hydrogens (tertiary/aromatic N) is 3. The van der Waals surface area contributed by atoms with Crippen molar-refractivity contribution in [2.24, 2.45) is 11.3 Å². The first-order chi connectivity index (χ1) is 20.7. The number of amides is 3. The number of aromatic nitrogens is 1. The zero-order valence-electron chi connectivity index (χ0n) is 26.8. The van der Waals surface area contributed by atoms with Crippen LogP contribution in [0.4, 0.5) is 0 Å². The highest BCUT2D eigenvalue weighted by Gasteiger charge is 2.46. The van der Waals surface area contributed by atoms with Crippen LogP contribution in [0.5, 0.6) is 0 Å². The van der Waals surface area contributed by atoms with Crippen LogP contribution in [0.3, 0.4) is 0 Å². The van der Waals surface area contributed by atoms with Crippen molar-refractivity contribution in [3.05, 3.63) is 75.9 Å². The summed E-state index contributed by atoms with van der Waals surface area (Å²) in [5, 5.41) is 13.8. The van der Waals surface area contributed by atoms with Crippen LogP contribution in [-0.4, -0.2) is 62.3 Å². The summed E-state index contributed by atoms with van der Waals surface area (Å²) in [7, 11) is 0. The third-order valence-electron chi connectivity index (χ3n) is 8.63. The molecule has 3 amide bonds. The lowest BCUT2D eigenvalue weighted by molar-refractivity contribution is -0.143. The summed E-state index contributed by atoms with van der Waals surface area (Å²) >= 11 is 1.62. The number of aliphatic hydroxyl groups excluding tert-OH is 1. The SMILES string of the molecule is Cc1ncsc1-c1ccc([C@H](C)NC(=O)[C@@H]2C[C@@H](O)CN2C(=O)[C@H](C(C)C)N2Cc3ccccc3C2=O)c(CC(C)(C)C)c1. The van der Waals surface area contributed by atoms with E-state index in [4.69, 9.17) is 0 Å². The maximum Gasteiger partial charge on any atom is 0.255 e. The molecule has 2 N–H and O–H groups in total. The molecule has 4 atom stereocenters. The van der Waals surface area contributed by atoms with Gasteiger partial charge < -0.3 is 20.2 Å². The number of benzene rings is 2. The molecule has 44 heavy (non-hydrogen) atoms. The van der Waals surface area contributed by atoms with Gasteiger partial charge in [0.2, 0.25) is 11.8 Å². The molecule has 0 saturated carbocycles. The quantitative estimate of drug-likeness (QED) is 0.347. The van der Waals surface area contributed by atoms with Gasteiger partial charge in [-0.2, -0.15) is 0 Å². The lowest BCUT2D eigenvalue weighted by atomic mass is 9.84. The van der Waals surface area contributed by atoms with Crippen molar-refractivity contribution >= 4 is 29.1 Å². The van der Waals surface area contributed by atoms with E-state index in [9.17, 15) is 19.5 Å². The van der Waals surface area contributed by atoms with Gasteiger partial charge in [0, 0.05) is 25.1 Å². The zero-order chi connectivity index (χ0) is 31.9. The Bertz CT molecular complexity index is 1560. The summed E-state index contributed by atoms with van der Waals surface area (Å²) in [5.74, 6) is -0.958. The minimum absolute atomic E-state index is 0.0250. The van der Waals surface area contributed by atoms with Gasteiger partial charge in [0.05, 0.1) is 28.2 Å². The Labute approximate surface area is 264 Å². The van der Waals surface area contributed by atoms with Crippen LogP contribution in [-0.2, 0) is 22.6 Å². The van der Waals surface area contributed by atoms with Crippen LogP contribution in [0, 0.1) is 18.3 Å². The number of β-amino-alcohol motifs (C(OH)–C–C–N with tert-alkyl or cyclic N) is 1. The molecule has 1 aromatic heterocycles. The summed E-state index contributed by atoms with van der Waals surface area (Å²) in [6, 6.07) is 11.9. The second-order valence-electron chi connectivity index (χ2n) is 13.8. The molecule has 0 aliphatic carbocycles. The second kappa shape index (κ2) is 12.4. The number of hydrogen-bond acceptors (Lipinski definition) is 6. The summed E-state index contributed by atoms with van der Waals surface area (Å²) in [6.45, 7) is 14.8. The first-order valence-corrected chi connectivity index (χ1v) is 16.3. The number of carbonyl (C=O) groups is 3. The predicted octanol–water partition coefficient (Wildman–Crippen LogP) is 5.53. The minimum atomic E-state index is -0.827. The molecule has 0 unspecified atom stereocenters. The van der Waals surface area contributed by atoms with E-state index in [0.717, 1.165) is 39.2 Å². The van der Waals surface area contributed by atoms with Crippen LogP contribution < -0.4 is 5.32 Å². The smallest absolute Gasteiger partial charge is 0.255 e. The molecule has 3 heterocycles. The largest absolute Gasteiger partial charge is 0.391 e. The minimum Gasteiger partial charge on any atom is -0.391 e. The zero-order valence-corrected chi connectivity index (χ0v) is 27.6. The normalized spacial score (nSPS) is 19.8. The number of nitrogens with one attached hydrogen (secondary N) is 1. The molecular formula is C35H44N4O4S. The number of rotatable bonds is 8. The van der Waals surface area contributed by atoms with Crippen molar-refractivity contribution in [1.82, 2.24) is 20.1 Å². The first kappa shape index (κ1) is 31.9. The molecule has 1 fully saturated rings. The number of thiazole rings is 1. The van der Waals surface area contributed by atoms with Gasteiger partial charge in [-0.15, -0.1) is 11.3 Å². The van der Waals surface area contributed by atoms with Gasteiger partial charge in [0.25, 0.3) is 5.91 Å². The molecule has 8 nitrogen and oxygen atoms in total. The van der Waals surface area contributed by atoms with Gasteiger partial charge >= 0.3 is 0 Å². The monoisotopic (exact) mass is 616 g/mol.